The summed E-state index contributed by atoms with van der Waals surface area (Å²) in [6.45, 7) is 1.96. The number of benzene rings is 1. The molecule has 20 heavy (non-hydrogen) atoms. The maximum Gasteiger partial charge on any atom is 0.307 e. The van der Waals surface area contributed by atoms with Crippen LogP contribution in [0.1, 0.15) is 16.8 Å². The van der Waals surface area contributed by atoms with Gasteiger partial charge in [-0.15, -0.1) is 0 Å². The zero-order valence-electron chi connectivity index (χ0n) is 11.2. The van der Waals surface area contributed by atoms with Crippen molar-refractivity contribution in [1.82, 2.24) is 4.98 Å². The summed E-state index contributed by atoms with van der Waals surface area (Å²) in [6, 6.07) is 11.6. The van der Waals surface area contributed by atoms with Crippen molar-refractivity contribution in [2.45, 2.75) is 19.8 Å². The quantitative estimate of drug-likeness (QED) is 0.908. The van der Waals surface area contributed by atoms with Gasteiger partial charge in [-0.2, -0.15) is 0 Å². The minimum Gasteiger partial charge on any atom is -0.481 e. The molecule has 0 fully saturated rings. The summed E-state index contributed by atoms with van der Waals surface area (Å²) in [6.07, 6.45) is 2.68. The molecule has 0 aliphatic rings. The lowest BCUT2D eigenvalue weighted by molar-refractivity contribution is -0.141. The number of rotatable bonds is 5. The van der Waals surface area contributed by atoms with Gasteiger partial charge in [0.25, 0.3) is 0 Å². The van der Waals surface area contributed by atoms with Crippen LogP contribution in [0.15, 0.2) is 47.1 Å². The lowest BCUT2D eigenvalue weighted by Gasteiger charge is -2.13. The predicted molar refractivity (Wildman–Crippen MR) is 81.6 cm³/mol. The third kappa shape index (κ3) is 3.90. The van der Waals surface area contributed by atoms with Crippen molar-refractivity contribution in [2.24, 2.45) is 5.92 Å². The SMILES string of the molecule is Cc1cccnc1CC(Cc1ccc(Br)cc1)C(=O)O. The first-order chi connectivity index (χ1) is 9.56. The monoisotopic (exact) mass is 333 g/mol. The molecule has 0 bridgehead atoms. The number of halogens is 1. The minimum absolute atomic E-state index is 0.454. The van der Waals surface area contributed by atoms with Crippen molar-refractivity contribution in [3.8, 4) is 0 Å². The largest absolute Gasteiger partial charge is 0.481 e. The third-order valence-corrected chi connectivity index (χ3v) is 3.83. The molecule has 0 aliphatic heterocycles. The Bertz CT molecular complexity index is 596. The number of carboxylic acids is 1. The number of carboxylic acid groups (broad SMARTS) is 1. The van der Waals surface area contributed by atoms with E-state index in [-0.39, 0.29) is 0 Å². The number of aliphatic carboxylic acids is 1. The molecule has 2 aromatic rings. The second-order valence-electron chi connectivity index (χ2n) is 4.84. The maximum absolute atomic E-state index is 11.4. The van der Waals surface area contributed by atoms with E-state index in [2.05, 4.69) is 20.9 Å². The highest BCUT2D eigenvalue weighted by molar-refractivity contribution is 9.10. The highest BCUT2D eigenvalue weighted by Crippen LogP contribution is 2.18. The molecule has 2 rings (SSSR count). The Morgan fingerprint density at radius 3 is 2.55 bits per heavy atom. The Labute approximate surface area is 126 Å². The fraction of sp³-hybridized carbons (Fsp3) is 0.250. The fourth-order valence-electron chi connectivity index (χ4n) is 2.12. The van der Waals surface area contributed by atoms with E-state index in [0.29, 0.717) is 12.8 Å². The predicted octanol–water partition coefficient (Wildman–Crippen LogP) is 3.64. The zero-order chi connectivity index (χ0) is 14.5. The molecule has 0 aliphatic carbocycles. The normalized spacial score (nSPS) is 12.1. The highest BCUT2D eigenvalue weighted by atomic mass is 79.9. The molecule has 1 heterocycles. The molecular weight excluding hydrogens is 318 g/mol. The molecule has 1 aromatic heterocycles. The Kier molecular flexibility index (Phi) is 4.90. The second kappa shape index (κ2) is 6.66. The number of aromatic nitrogens is 1. The lowest BCUT2D eigenvalue weighted by atomic mass is 9.93. The Morgan fingerprint density at radius 2 is 1.95 bits per heavy atom. The van der Waals surface area contributed by atoms with E-state index < -0.39 is 11.9 Å². The summed E-state index contributed by atoms with van der Waals surface area (Å²) >= 11 is 3.38. The first-order valence-corrected chi connectivity index (χ1v) is 7.23. The molecule has 0 saturated heterocycles. The van der Waals surface area contributed by atoms with E-state index in [9.17, 15) is 9.90 Å². The van der Waals surface area contributed by atoms with Gasteiger partial charge in [-0.1, -0.05) is 34.1 Å². The van der Waals surface area contributed by atoms with Crippen LogP contribution in [0.4, 0.5) is 0 Å². The molecule has 1 N–H and O–H groups in total. The van der Waals surface area contributed by atoms with Crippen LogP contribution in [-0.2, 0) is 17.6 Å². The number of hydrogen-bond donors (Lipinski definition) is 1. The molecule has 0 radical (unpaired) electrons. The van der Waals surface area contributed by atoms with Gasteiger partial charge in [-0.25, -0.2) is 0 Å². The molecule has 4 heteroatoms. The molecule has 1 aromatic carbocycles. The Hall–Kier alpha value is -1.68. The van der Waals surface area contributed by atoms with Crippen LogP contribution < -0.4 is 0 Å². The standard InChI is InChI=1S/C16H16BrNO2/c1-11-3-2-8-18-15(11)10-13(16(19)20)9-12-4-6-14(17)7-5-12/h2-8,13H,9-10H2,1H3,(H,19,20). The number of hydrogen-bond acceptors (Lipinski definition) is 2. The van der Waals surface area contributed by atoms with Gasteiger partial charge < -0.3 is 5.11 Å². The fourth-order valence-corrected chi connectivity index (χ4v) is 2.38. The molecule has 3 nitrogen and oxygen atoms in total. The van der Waals surface area contributed by atoms with E-state index in [4.69, 9.17) is 0 Å². The second-order valence-corrected chi connectivity index (χ2v) is 5.75. The van der Waals surface area contributed by atoms with Crippen LogP contribution in [0, 0.1) is 12.8 Å². The van der Waals surface area contributed by atoms with Crippen LogP contribution in [0.3, 0.4) is 0 Å². The van der Waals surface area contributed by atoms with Gasteiger partial charge >= 0.3 is 5.97 Å². The Morgan fingerprint density at radius 1 is 1.25 bits per heavy atom. The number of aryl methyl sites for hydroxylation is 1. The lowest BCUT2D eigenvalue weighted by Crippen LogP contribution is -2.20. The van der Waals surface area contributed by atoms with Gasteiger partial charge in [0.1, 0.15) is 0 Å². The van der Waals surface area contributed by atoms with Gasteiger partial charge in [0.15, 0.2) is 0 Å². The average molecular weight is 334 g/mol. The first kappa shape index (κ1) is 14.7. The molecular formula is C16H16BrNO2. The van der Waals surface area contributed by atoms with E-state index in [1.807, 2.05) is 43.3 Å². The maximum atomic E-state index is 11.4. The smallest absolute Gasteiger partial charge is 0.307 e. The summed E-state index contributed by atoms with van der Waals surface area (Å²) in [5.41, 5.74) is 2.92. The van der Waals surface area contributed by atoms with E-state index in [0.717, 1.165) is 21.3 Å². The van der Waals surface area contributed by atoms with Crippen LogP contribution in [0.2, 0.25) is 0 Å². The highest BCUT2D eigenvalue weighted by Gasteiger charge is 2.20. The van der Waals surface area contributed by atoms with Crippen molar-refractivity contribution in [1.29, 1.82) is 0 Å². The van der Waals surface area contributed by atoms with Crippen molar-refractivity contribution in [3.05, 3.63) is 63.9 Å². The summed E-state index contributed by atoms with van der Waals surface area (Å²) < 4.78 is 0.994. The van der Waals surface area contributed by atoms with Crippen molar-refractivity contribution < 1.29 is 9.90 Å². The molecule has 0 spiro atoms. The molecule has 0 amide bonds. The third-order valence-electron chi connectivity index (χ3n) is 3.30. The van der Waals surface area contributed by atoms with Crippen LogP contribution >= 0.6 is 15.9 Å². The van der Waals surface area contributed by atoms with Crippen LogP contribution in [0.25, 0.3) is 0 Å². The number of nitrogens with zero attached hydrogens (tertiary/aromatic N) is 1. The van der Waals surface area contributed by atoms with E-state index in [1.165, 1.54) is 0 Å². The van der Waals surface area contributed by atoms with Crippen molar-refractivity contribution in [2.75, 3.05) is 0 Å². The molecule has 104 valence electrons. The van der Waals surface area contributed by atoms with E-state index in [1.54, 1.807) is 6.20 Å². The van der Waals surface area contributed by atoms with Gasteiger partial charge in [-0.05, 0) is 42.7 Å². The summed E-state index contributed by atoms with van der Waals surface area (Å²) in [4.78, 5) is 15.7. The molecule has 1 atom stereocenters. The first-order valence-electron chi connectivity index (χ1n) is 6.44. The van der Waals surface area contributed by atoms with Gasteiger partial charge in [0.2, 0.25) is 0 Å². The average Bonchev–Trinajstić information content (AvgIpc) is 2.42. The molecule has 1 unspecified atom stereocenters. The van der Waals surface area contributed by atoms with Gasteiger partial charge in [-0.3, -0.25) is 9.78 Å². The summed E-state index contributed by atoms with van der Waals surface area (Å²) in [5.74, 6) is -1.23. The topological polar surface area (TPSA) is 50.2 Å². The minimum atomic E-state index is -0.780. The van der Waals surface area contributed by atoms with Crippen LogP contribution in [0.5, 0.6) is 0 Å². The zero-order valence-corrected chi connectivity index (χ0v) is 12.8. The van der Waals surface area contributed by atoms with Gasteiger partial charge in [0.05, 0.1) is 5.92 Å². The summed E-state index contributed by atoms with van der Waals surface area (Å²) in [5, 5.41) is 9.40. The van der Waals surface area contributed by atoms with Crippen molar-refractivity contribution >= 4 is 21.9 Å². The summed E-state index contributed by atoms with van der Waals surface area (Å²) in [7, 11) is 0. The van der Waals surface area contributed by atoms with E-state index >= 15 is 0 Å². The number of carbonyl (C=O) groups is 1. The van der Waals surface area contributed by atoms with Crippen molar-refractivity contribution in [3.63, 3.8) is 0 Å². The Balaban J connectivity index is 2.14. The number of pyridine rings is 1. The van der Waals surface area contributed by atoms with Crippen LogP contribution in [-0.4, -0.2) is 16.1 Å². The molecule has 0 saturated carbocycles. The van der Waals surface area contributed by atoms with Gasteiger partial charge in [0, 0.05) is 22.8 Å².